The van der Waals surface area contributed by atoms with E-state index < -0.39 is 0 Å². The van der Waals surface area contributed by atoms with E-state index in [0.717, 1.165) is 34.2 Å². The van der Waals surface area contributed by atoms with E-state index in [-0.39, 0.29) is 17.0 Å². The molecule has 2 heterocycles. The number of nitrogens with zero attached hydrogens (tertiary/aromatic N) is 1. The molecule has 0 saturated carbocycles. The van der Waals surface area contributed by atoms with Crippen molar-refractivity contribution < 1.29 is 4.74 Å². The fourth-order valence-electron chi connectivity index (χ4n) is 3.22. The minimum absolute atomic E-state index is 0.0797. The summed E-state index contributed by atoms with van der Waals surface area (Å²) < 4.78 is 5.23. The highest BCUT2D eigenvalue weighted by molar-refractivity contribution is 5.80. The van der Waals surface area contributed by atoms with E-state index in [9.17, 15) is 4.79 Å². The summed E-state index contributed by atoms with van der Waals surface area (Å²) in [5.74, 6) is 0.728. The van der Waals surface area contributed by atoms with Crippen LogP contribution in [0.5, 0.6) is 5.75 Å². The van der Waals surface area contributed by atoms with Crippen LogP contribution in [0.15, 0.2) is 53.6 Å². The molecule has 1 aromatic carbocycles. The number of rotatable bonds is 6. The summed E-state index contributed by atoms with van der Waals surface area (Å²) in [7, 11) is 1.62. The normalized spacial score (nSPS) is 12.9. The summed E-state index contributed by atoms with van der Waals surface area (Å²) in [6.45, 7) is 7.14. The third-order valence-corrected chi connectivity index (χ3v) is 4.57. The van der Waals surface area contributed by atoms with Gasteiger partial charge in [-0.3, -0.25) is 9.78 Å². The molecule has 0 aliphatic heterocycles. The van der Waals surface area contributed by atoms with Crippen molar-refractivity contribution >= 4 is 10.9 Å². The minimum Gasteiger partial charge on any atom is -0.497 e. The Morgan fingerprint density at radius 3 is 2.70 bits per heavy atom. The molecule has 0 radical (unpaired) electrons. The van der Waals surface area contributed by atoms with Gasteiger partial charge in [0.1, 0.15) is 5.75 Å². The first-order valence-corrected chi connectivity index (χ1v) is 9.19. The predicted molar refractivity (Wildman–Crippen MR) is 109 cm³/mol. The quantitative estimate of drug-likeness (QED) is 0.687. The van der Waals surface area contributed by atoms with Crippen LogP contribution < -0.4 is 15.6 Å². The van der Waals surface area contributed by atoms with Crippen LogP contribution in [-0.4, -0.2) is 17.1 Å². The third kappa shape index (κ3) is 4.95. The Balaban J connectivity index is 1.84. The molecule has 27 heavy (non-hydrogen) atoms. The number of hydrogen-bond donors (Lipinski definition) is 2. The van der Waals surface area contributed by atoms with Crippen molar-refractivity contribution in [1.82, 2.24) is 15.3 Å². The minimum atomic E-state index is -0.0797. The number of methoxy groups -OCH3 is 1. The lowest BCUT2D eigenvalue weighted by Gasteiger charge is -2.27. The van der Waals surface area contributed by atoms with Crippen LogP contribution in [0.1, 0.15) is 44.4 Å². The maximum absolute atomic E-state index is 12.5. The first-order valence-electron chi connectivity index (χ1n) is 9.19. The molecule has 0 amide bonds. The van der Waals surface area contributed by atoms with Crippen LogP contribution in [0.2, 0.25) is 0 Å². The first-order chi connectivity index (χ1) is 12.9. The Morgan fingerprint density at radius 2 is 2.04 bits per heavy atom. The van der Waals surface area contributed by atoms with Crippen molar-refractivity contribution in [3.8, 4) is 5.75 Å². The zero-order chi connectivity index (χ0) is 19.4. The third-order valence-electron chi connectivity index (χ3n) is 4.57. The van der Waals surface area contributed by atoms with E-state index >= 15 is 0 Å². The number of aromatic amines is 1. The SMILES string of the molecule is COc1ccc2cc(CNC(CC(C)(C)C)c3cccnc3)c(=O)[nH]c2c1. The monoisotopic (exact) mass is 365 g/mol. The smallest absolute Gasteiger partial charge is 0.252 e. The molecule has 0 spiro atoms. The molecule has 5 nitrogen and oxygen atoms in total. The molecule has 0 bridgehead atoms. The number of ether oxygens (including phenoxy) is 1. The zero-order valence-corrected chi connectivity index (χ0v) is 16.4. The average molecular weight is 365 g/mol. The van der Waals surface area contributed by atoms with Gasteiger partial charge in [-0.2, -0.15) is 0 Å². The molecule has 2 aromatic heterocycles. The van der Waals surface area contributed by atoms with Crippen LogP contribution in [0.4, 0.5) is 0 Å². The number of nitrogens with one attached hydrogen (secondary N) is 2. The molecule has 5 heteroatoms. The maximum atomic E-state index is 12.5. The Labute approximate surface area is 159 Å². The van der Waals surface area contributed by atoms with Gasteiger partial charge in [-0.05, 0) is 47.1 Å². The molecule has 2 N–H and O–H groups in total. The summed E-state index contributed by atoms with van der Waals surface area (Å²) in [5.41, 5.74) is 2.70. The van der Waals surface area contributed by atoms with Crippen molar-refractivity contribution in [2.45, 2.75) is 39.8 Å². The lowest BCUT2D eigenvalue weighted by Crippen LogP contribution is -2.28. The number of pyridine rings is 2. The van der Waals surface area contributed by atoms with Crippen molar-refractivity contribution in [1.29, 1.82) is 0 Å². The van der Waals surface area contributed by atoms with E-state index in [2.05, 4.69) is 42.1 Å². The highest BCUT2D eigenvalue weighted by Gasteiger charge is 2.20. The van der Waals surface area contributed by atoms with E-state index in [4.69, 9.17) is 4.74 Å². The van der Waals surface area contributed by atoms with Gasteiger partial charge in [0.05, 0.1) is 12.6 Å². The Morgan fingerprint density at radius 1 is 1.22 bits per heavy atom. The summed E-state index contributed by atoms with van der Waals surface area (Å²) in [6.07, 6.45) is 4.61. The van der Waals surface area contributed by atoms with Crippen LogP contribution in [0, 0.1) is 5.41 Å². The molecule has 0 saturated heterocycles. The van der Waals surface area contributed by atoms with Crippen LogP contribution in [-0.2, 0) is 6.54 Å². The van der Waals surface area contributed by atoms with Gasteiger partial charge in [-0.25, -0.2) is 0 Å². The summed E-state index contributed by atoms with van der Waals surface area (Å²) in [4.78, 5) is 19.7. The molecular formula is C22H27N3O2. The summed E-state index contributed by atoms with van der Waals surface area (Å²) >= 11 is 0. The van der Waals surface area contributed by atoms with Crippen molar-refractivity contribution in [3.63, 3.8) is 0 Å². The van der Waals surface area contributed by atoms with Gasteiger partial charge >= 0.3 is 0 Å². The number of benzene rings is 1. The second kappa shape index (κ2) is 7.92. The molecule has 0 aliphatic rings. The van der Waals surface area contributed by atoms with Crippen LogP contribution in [0.3, 0.4) is 0 Å². The van der Waals surface area contributed by atoms with E-state index in [0.29, 0.717) is 6.54 Å². The Bertz CT molecular complexity index is 959. The number of fused-ring (bicyclic) bond motifs is 1. The van der Waals surface area contributed by atoms with E-state index in [1.54, 1.807) is 13.3 Å². The van der Waals surface area contributed by atoms with Gasteiger partial charge < -0.3 is 15.0 Å². The summed E-state index contributed by atoms with van der Waals surface area (Å²) in [5, 5.41) is 4.54. The average Bonchev–Trinajstić information content (AvgIpc) is 2.64. The molecule has 1 unspecified atom stereocenters. The molecule has 0 aliphatic carbocycles. The van der Waals surface area contributed by atoms with Crippen LogP contribution >= 0.6 is 0 Å². The largest absolute Gasteiger partial charge is 0.497 e. The van der Waals surface area contributed by atoms with Gasteiger partial charge in [-0.1, -0.05) is 26.8 Å². The lowest BCUT2D eigenvalue weighted by molar-refractivity contribution is 0.309. The Hall–Kier alpha value is -2.66. The van der Waals surface area contributed by atoms with Crippen molar-refractivity contribution in [3.05, 3.63) is 70.3 Å². The molecular weight excluding hydrogens is 338 g/mol. The standard InChI is InChI=1S/C22H27N3O2/c1-22(2,3)12-20(16-6-5-9-23-13-16)24-14-17-10-15-7-8-18(27-4)11-19(15)25-21(17)26/h5-11,13,20,24H,12,14H2,1-4H3,(H,25,26). The zero-order valence-electron chi connectivity index (χ0n) is 16.4. The fourth-order valence-corrected chi connectivity index (χ4v) is 3.22. The number of aromatic nitrogens is 2. The highest BCUT2D eigenvalue weighted by Crippen LogP contribution is 2.29. The highest BCUT2D eigenvalue weighted by atomic mass is 16.5. The molecule has 142 valence electrons. The van der Waals surface area contributed by atoms with Crippen molar-refractivity contribution in [2.24, 2.45) is 5.41 Å². The van der Waals surface area contributed by atoms with Gasteiger partial charge in [0, 0.05) is 36.6 Å². The van der Waals surface area contributed by atoms with Crippen LogP contribution in [0.25, 0.3) is 10.9 Å². The fraction of sp³-hybridized carbons (Fsp3) is 0.364. The van der Waals surface area contributed by atoms with Gasteiger partial charge in [0.25, 0.3) is 5.56 Å². The predicted octanol–water partition coefficient (Wildman–Crippen LogP) is 4.20. The van der Waals surface area contributed by atoms with E-state index in [1.165, 1.54) is 0 Å². The van der Waals surface area contributed by atoms with Gasteiger partial charge in [0.2, 0.25) is 0 Å². The molecule has 3 aromatic rings. The molecule has 0 fully saturated rings. The topological polar surface area (TPSA) is 67.0 Å². The maximum Gasteiger partial charge on any atom is 0.252 e. The van der Waals surface area contributed by atoms with E-state index in [1.807, 2.05) is 36.5 Å². The summed E-state index contributed by atoms with van der Waals surface area (Å²) in [6, 6.07) is 11.8. The Kier molecular flexibility index (Phi) is 5.61. The second-order valence-electron chi connectivity index (χ2n) is 8.06. The number of H-pyrrole nitrogens is 1. The number of hydrogen-bond acceptors (Lipinski definition) is 4. The van der Waals surface area contributed by atoms with Gasteiger partial charge in [-0.15, -0.1) is 0 Å². The second-order valence-corrected chi connectivity index (χ2v) is 8.06. The molecule has 1 atom stereocenters. The lowest BCUT2D eigenvalue weighted by atomic mass is 9.86. The van der Waals surface area contributed by atoms with Gasteiger partial charge in [0.15, 0.2) is 0 Å². The molecule has 3 rings (SSSR count). The van der Waals surface area contributed by atoms with Crippen molar-refractivity contribution in [2.75, 3.05) is 7.11 Å². The first kappa shape index (κ1) is 19.1.